The molecule has 0 spiro atoms. The van der Waals surface area contributed by atoms with Gasteiger partial charge in [-0.25, -0.2) is 0 Å². The van der Waals surface area contributed by atoms with Crippen LogP contribution in [0.1, 0.15) is 191 Å². The number of morpholine rings is 1. The molecule has 0 aliphatic carbocycles. The van der Waals surface area contributed by atoms with Crippen LogP contribution in [0.25, 0.3) is 65.7 Å². The van der Waals surface area contributed by atoms with Crippen molar-refractivity contribution in [1.82, 2.24) is 10.2 Å². The first-order valence-corrected chi connectivity index (χ1v) is 42.5. The summed E-state index contributed by atoms with van der Waals surface area (Å²) in [6, 6.07) is 62.1. The number of halogens is 1. The minimum absolute atomic E-state index is 0.0467. The number of alkyl halides is 1. The van der Waals surface area contributed by atoms with Gasteiger partial charge in [-0.3, -0.25) is 4.79 Å². The lowest BCUT2D eigenvalue weighted by Crippen LogP contribution is -2.36. The van der Waals surface area contributed by atoms with E-state index in [1.165, 1.54) is 62.8 Å². The van der Waals surface area contributed by atoms with Gasteiger partial charge in [0.25, 0.3) is 0 Å². The van der Waals surface area contributed by atoms with Gasteiger partial charge in [-0.2, -0.15) is 4.39 Å². The van der Waals surface area contributed by atoms with Crippen molar-refractivity contribution >= 4 is 88.7 Å². The molecule has 0 aromatic heterocycles. The van der Waals surface area contributed by atoms with Gasteiger partial charge in [-0.1, -0.05) is 373 Å². The Labute approximate surface area is 726 Å². The maximum absolute atomic E-state index is 13.4. The number of nitrogens with one attached hydrogen (secondary N) is 1. The molecule has 8 aromatic rings. The summed E-state index contributed by atoms with van der Waals surface area (Å²) in [6.45, 7) is 54.9. The molecular formula is C109H147FN6O4. The van der Waals surface area contributed by atoms with Gasteiger partial charge in [0.2, 0.25) is 5.91 Å². The fourth-order valence-corrected chi connectivity index (χ4v) is 10.6. The third kappa shape index (κ3) is 44.6. The maximum atomic E-state index is 13.4. The molecule has 1 amide bonds. The van der Waals surface area contributed by atoms with Crippen molar-refractivity contribution in [2.24, 2.45) is 53.1 Å². The molecule has 2 heterocycles. The SMILES string of the molecule is C=C(N)c1ccc(/C=C/C(C)C)cc1.C=C(NC)c1ccc(/C=C/C(C)C)cc1.C=C(c1ccc(/C=C/C(C)C)cc1)N(C)C.CC(=O)N(C)c1ccc(/C=C/C(C)C)cc1.CC(C)/C=C/c1ccc(N(C)C)cc1.CC(C)/C=C/c1ccc(N2CCOCC2)cc1.CC(C)/C=C/c1ccc2c(c1)OC(C)(F)O2.Cc1ccc(/C=C/C(C)C)cc1. The van der Waals surface area contributed by atoms with E-state index in [-0.39, 0.29) is 5.91 Å². The van der Waals surface area contributed by atoms with Gasteiger partial charge in [0, 0.05) is 103 Å². The number of allylic oxidation sites excluding steroid dienone is 8. The number of rotatable bonds is 24. The number of nitrogens with zero attached hydrogens (tertiary/aromatic N) is 4. The van der Waals surface area contributed by atoms with Crippen molar-refractivity contribution in [1.29, 1.82) is 0 Å². The van der Waals surface area contributed by atoms with Crippen LogP contribution in [0.5, 0.6) is 11.5 Å². The Morgan fingerprint density at radius 1 is 0.425 bits per heavy atom. The summed E-state index contributed by atoms with van der Waals surface area (Å²) in [5.74, 6) is 5.61. The second kappa shape index (κ2) is 55.6. The number of benzene rings is 8. The molecule has 1 fully saturated rings. The van der Waals surface area contributed by atoms with Gasteiger partial charge in [0.15, 0.2) is 11.5 Å². The lowest BCUT2D eigenvalue weighted by Gasteiger charge is -2.28. The number of amides is 1. The van der Waals surface area contributed by atoms with Gasteiger partial charge < -0.3 is 44.9 Å². The van der Waals surface area contributed by atoms with Crippen molar-refractivity contribution in [2.75, 3.05) is 83.3 Å². The summed E-state index contributed by atoms with van der Waals surface area (Å²) in [5.41, 5.74) is 25.9. The second-order valence-corrected chi connectivity index (χ2v) is 33.3. The molecule has 8 aromatic carbocycles. The topological polar surface area (TPSA) is 95.8 Å². The standard InChI is InChI=1S/C15H21NO.C15H21N.C14H19NO.C14H19N.C13H15FO2.C13H19N.C13H17N.C12H16/c1-13(2)3-4-14-5-7-15(8-6-14)16-9-11-17-12-10-16;1-12(2)6-7-14-8-10-15(11-9-14)13(3)16(4)5;1-11(2)5-6-13-7-9-14(10-8-13)15(4)12(3)16;1-11(2)5-6-13-7-9-14(10-8-13)12(3)15-4;1-9(2)4-5-10-6-7-11-12(8-10)16-13(3,14)15-11;1-11(2)5-6-12-7-9-13(10-8-12)14(3)4;1-10(2)4-5-12-6-8-13(9-7-12)11(3)14;1-10(2)4-7-12-8-5-11(3)6-9-12/h3-8,13H,9-12H2,1-2H3;6-12H,3H2,1-2,4-5H3;5-11H,1-4H3;5-11,15H,3H2,1-2,4H3;4-9H,1-3H3;5-11H,1-4H3;4-10H,3,14H2,1-2H3;4-10H,1-3H3/b4-3+;7-6+;2*6-5+;5-4+;6-5+;5-4+;7-4+. The molecule has 0 saturated carbocycles. The van der Waals surface area contributed by atoms with Crippen molar-refractivity contribution in [3.05, 3.63) is 323 Å². The number of hydrogen-bond acceptors (Lipinski definition) is 9. The van der Waals surface area contributed by atoms with Crippen LogP contribution in [0.15, 0.2) is 256 Å². The van der Waals surface area contributed by atoms with E-state index in [4.69, 9.17) is 19.9 Å². The minimum atomic E-state index is -2.04. The minimum Gasteiger partial charge on any atom is -0.423 e. The Kier molecular flexibility index (Phi) is 47.7. The molecule has 0 radical (unpaired) electrons. The first kappa shape index (κ1) is 103. The zero-order valence-corrected chi connectivity index (χ0v) is 77.6. The number of nitrogens with two attached hydrogens (primary N) is 1. The molecule has 10 rings (SSSR count). The zero-order chi connectivity index (χ0) is 89.4. The van der Waals surface area contributed by atoms with Crippen LogP contribution >= 0.6 is 0 Å². The second-order valence-electron chi connectivity index (χ2n) is 33.3. The van der Waals surface area contributed by atoms with E-state index < -0.39 is 6.04 Å². The number of anilines is 3. The molecule has 10 nitrogen and oxygen atoms in total. The van der Waals surface area contributed by atoms with Gasteiger partial charge in [-0.15, -0.1) is 0 Å². The molecule has 2 aliphatic heterocycles. The van der Waals surface area contributed by atoms with Crippen LogP contribution in [-0.4, -0.2) is 85.4 Å². The summed E-state index contributed by atoms with van der Waals surface area (Å²) in [6.07, 6.45) is 34.5. The summed E-state index contributed by atoms with van der Waals surface area (Å²) >= 11 is 0. The third-order valence-corrected chi connectivity index (χ3v) is 18.1. The summed E-state index contributed by atoms with van der Waals surface area (Å²) < 4.78 is 28.7. The van der Waals surface area contributed by atoms with Crippen LogP contribution in [0.3, 0.4) is 0 Å². The largest absolute Gasteiger partial charge is 0.423 e. The predicted octanol–water partition coefficient (Wildman–Crippen LogP) is 28.1. The zero-order valence-electron chi connectivity index (χ0n) is 77.6. The smallest absolute Gasteiger partial charge is 0.404 e. The van der Waals surface area contributed by atoms with E-state index in [1.54, 1.807) is 31.0 Å². The van der Waals surface area contributed by atoms with Crippen LogP contribution in [0, 0.1) is 54.3 Å². The van der Waals surface area contributed by atoms with Crippen molar-refractivity contribution in [3.8, 4) is 11.5 Å². The first-order valence-electron chi connectivity index (χ1n) is 42.5. The number of aryl methyl sites for hydroxylation is 1. The molecule has 1 saturated heterocycles. The Balaban J connectivity index is 0.000000355. The number of carbonyl (C=O) groups excluding carboxylic acids is 1. The van der Waals surface area contributed by atoms with Crippen molar-refractivity contribution in [3.63, 3.8) is 0 Å². The fraction of sp³-hybridized carbons (Fsp3) is 0.349. The average molecular weight is 1620 g/mol. The molecule has 1 atom stereocenters. The van der Waals surface area contributed by atoms with Crippen molar-refractivity contribution < 1.29 is 23.4 Å². The van der Waals surface area contributed by atoms with Gasteiger partial charge in [0.05, 0.1) is 13.2 Å². The number of fused-ring (bicyclic) bond motifs is 1. The molecule has 120 heavy (non-hydrogen) atoms. The van der Waals surface area contributed by atoms with E-state index in [2.05, 4.69) is 379 Å². The van der Waals surface area contributed by atoms with Crippen LogP contribution in [0.4, 0.5) is 21.5 Å². The Bertz CT molecular complexity index is 4500. The fourth-order valence-electron chi connectivity index (χ4n) is 10.6. The predicted molar refractivity (Wildman–Crippen MR) is 528 cm³/mol. The highest BCUT2D eigenvalue weighted by Crippen LogP contribution is 2.41. The highest BCUT2D eigenvalue weighted by molar-refractivity contribution is 5.91. The van der Waals surface area contributed by atoms with Gasteiger partial charge >= 0.3 is 6.04 Å². The molecule has 1 unspecified atom stereocenters. The van der Waals surface area contributed by atoms with Crippen LogP contribution in [-0.2, 0) is 9.53 Å². The lowest BCUT2D eigenvalue weighted by molar-refractivity contribution is -0.173. The molecule has 644 valence electrons. The van der Waals surface area contributed by atoms with Gasteiger partial charge in [0.1, 0.15) is 0 Å². The molecule has 0 bridgehead atoms. The third-order valence-electron chi connectivity index (χ3n) is 18.1. The Hall–Kier alpha value is -11.1. The molecule has 11 heteroatoms. The van der Waals surface area contributed by atoms with E-state index in [9.17, 15) is 9.18 Å². The number of ether oxygens (including phenoxy) is 3. The van der Waals surface area contributed by atoms with E-state index in [0.29, 0.717) is 64.5 Å². The maximum Gasteiger partial charge on any atom is 0.404 e. The molecule has 3 N–H and O–H groups in total. The van der Waals surface area contributed by atoms with Crippen molar-refractivity contribution in [2.45, 2.75) is 138 Å². The van der Waals surface area contributed by atoms with E-state index in [1.807, 2.05) is 86.7 Å². The van der Waals surface area contributed by atoms with E-state index >= 15 is 0 Å². The highest BCUT2D eigenvalue weighted by Gasteiger charge is 2.36. The quantitative estimate of drug-likeness (QED) is 0.0613. The number of hydrogen-bond donors (Lipinski definition) is 2. The Morgan fingerprint density at radius 2 is 0.717 bits per heavy atom. The monoisotopic (exact) mass is 1620 g/mol. The summed E-state index contributed by atoms with van der Waals surface area (Å²) in [5, 5.41) is 3.04. The lowest BCUT2D eigenvalue weighted by atomic mass is 10.1. The van der Waals surface area contributed by atoms with Gasteiger partial charge in [-0.05, 0) is 164 Å². The summed E-state index contributed by atoms with van der Waals surface area (Å²) in [7, 11) is 11.8. The first-order chi connectivity index (χ1) is 56.7. The number of carbonyl (C=O) groups is 1. The molecule has 2 aliphatic rings. The van der Waals surface area contributed by atoms with Crippen LogP contribution in [0.2, 0.25) is 0 Å². The molecular weight excluding hydrogens is 1480 g/mol. The normalized spacial score (nSPS) is 13.6. The summed E-state index contributed by atoms with van der Waals surface area (Å²) in [4.78, 5) is 19.3. The average Bonchev–Trinajstić information content (AvgIpc) is 1.66. The Morgan fingerprint density at radius 3 is 1.03 bits per heavy atom. The van der Waals surface area contributed by atoms with Crippen LogP contribution < -0.4 is 35.2 Å². The highest BCUT2D eigenvalue weighted by atomic mass is 19.2. The van der Waals surface area contributed by atoms with E-state index in [0.717, 1.165) is 65.6 Å².